The van der Waals surface area contributed by atoms with Crippen LogP contribution in [0, 0.1) is 12.7 Å². The second-order valence-electron chi connectivity index (χ2n) is 5.87. The van der Waals surface area contributed by atoms with Gasteiger partial charge in [0.05, 0.1) is 11.4 Å². The van der Waals surface area contributed by atoms with Gasteiger partial charge in [0, 0.05) is 5.41 Å². The van der Waals surface area contributed by atoms with Crippen molar-refractivity contribution in [3.63, 3.8) is 0 Å². The fourth-order valence-corrected chi connectivity index (χ4v) is 3.27. The molecule has 3 rings (SSSR count). The monoisotopic (exact) mass is 232 g/mol. The van der Waals surface area contributed by atoms with Crippen LogP contribution in [0.15, 0.2) is 12.1 Å². The van der Waals surface area contributed by atoms with Gasteiger partial charge >= 0.3 is 0 Å². The average Bonchev–Trinajstić information content (AvgIpc) is 2.66. The SMILES string of the molecule is Cc1cc2c(F)cc3c(n2n1)C(C)(C)CC3C. The van der Waals surface area contributed by atoms with Crippen LogP contribution in [0.4, 0.5) is 4.39 Å². The summed E-state index contributed by atoms with van der Waals surface area (Å²) < 4.78 is 15.8. The van der Waals surface area contributed by atoms with E-state index in [9.17, 15) is 4.39 Å². The molecule has 1 atom stereocenters. The molecule has 0 saturated heterocycles. The van der Waals surface area contributed by atoms with Gasteiger partial charge in [0.1, 0.15) is 11.3 Å². The zero-order valence-electron chi connectivity index (χ0n) is 10.7. The first-order valence-electron chi connectivity index (χ1n) is 6.09. The average molecular weight is 232 g/mol. The van der Waals surface area contributed by atoms with Crippen molar-refractivity contribution < 1.29 is 4.39 Å². The topological polar surface area (TPSA) is 17.3 Å². The van der Waals surface area contributed by atoms with Gasteiger partial charge in [0.2, 0.25) is 0 Å². The summed E-state index contributed by atoms with van der Waals surface area (Å²) in [5.74, 6) is 0.248. The maximum Gasteiger partial charge on any atom is 0.149 e. The fourth-order valence-electron chi connectivity index (χ4n) is 3.27. The number of aromatic nitrogens is 2. The molecular formula is C14H17FN2. The Hall–Kier alpha value is -1.38. The lowest BCUT2D eigenvalue weighted by atomic mass is 9.89. The lowest BCUT2D eigenvalue weighted by molar-refractivity contribution is 0.470. The molecule has 0 bridgehead atoms. The van der Waals surface area contributed by atoms with Crippen LogP contribution in [-0.4, -0.2) is 9.61 Å². The normalized spacial score (nSPS) is 22.1. The van der Waals surface area contributed by atoms with E-state index in [2.05, 4.69) is 25.9 Å². The largest absolute Gasteiger partial charge is 0.234 e. The van der Waals surface area contributed by atoms with Crippen LogP contribution in [0.2, 0.25) is 0 Å². The maximum absolute atomic E-state index is 14.0. The third-order valence-corrected chi connectivity index (χ3v) is 3.83. The minimum absolute atomic E-state index is 0.0686. The number of rotatable bonds is 0. The minimum Gasteiger partial charge on any atom is -0.234 e. The molecule has 2 aromatic rings. The van der Waals surface area contributed by atoms with Gasteiger partial charge in [0.15, 0.2) is 0 Å². The van der Waals surface area contributed by atoms with E-state index >= 15 is 0 Å². The Morgan fingerprint density at radius 2 is 2.12 bits per heavy atom. The van der Waals surface area contributed by atoms with E-state index in [-0.39, 0.29) is 11.2 Å². The van der Waals surface area contributed by atoms with Crippen LogP contribution in [0.1, 0.15) is 50.1 Å². The molecule has 0 spiro atoms. The maximum atomic E-state index is 14.0. The van der Waals surface area contributed by atoms with Gasteiger partial charge < -0.3 is 0 Å². The quantitative estimate of drug-likeness (QED) is 0.678. The van der Waals surface area contributed by atoms with Gasteiger partial charge in [-0.05, 0) is 37.0 Å². The first-order chi connectivity index (χ1) is 7.90. The minimum atomic E-state index is -0.158. The van der Waals surface area contributed by atoms with Crippen molar-refractivity contribution in [1.82, 2.24) is 9.61 Å². The summed E-state index contributed by atoms with van der Waals surface area (Å²) >= 11 is 0. The van der Waals surface area contributed by atoms with E-state index < -0.39 is 0 Å². The van der Waals surface area contributed by atoms with Gasteiger partial charge in [-0.1, -0.05) is 20.8 Å². The number of hydrogen-bond donors (Lipinski definition) is 0. The highest BCUT2D eigenvalue weighted by atomic mass is 19.1. The number of fused-ring (bicyclic) bond motifs is 3. The summed E-state index contributed by atoms with van der Waals surface area (Å²) in [7, 11) is 0. The van der Waals surface area contributed by atoms with Crippen LogP contribution in [0.5, 0.6) is 0 Å². The van der Waals surface area contributed by atoms with Crippen molar-refractivity contribution in [2.45, 2.75) is 45.4 Å². The van der Waals surface area contributed by atoms with E-state index in [4.69, 9.17) is 0 Å². The van der Waals surface area contributed by atoms with Gasteiger partial charge in [-0.2, -0.15) is 5.10 Å². The molecule has 0 saturated carbocycles. The number of aryl methyl sites for hydroxylation is 1. The third-order valence-electron chi connectivity index (χ3n) is 3.83. The van der Waals surface area contributed by atoms with E-state index in [0.717, 1.165) is 17.7 Å². The van der Waals surface area contributed by atoms with Gasteiger partial charge in [0.25, 0.3) is 0 Å². The summed E-state index contributed by atoms with van der Waals surface area (Å²) in [5.41, 5.74) is 3.83. The van der Waals surface area contributed by atoms with E-state index in [1.54, 1.807) is 6.07 Å². The van der Waals surface area contributed by atoms with Crippen LogP contribution >= 0.6 is 0 Å². The smallest absolute Gasteiger partial charge is 0.149 e. The van der Waals surface area contributed by atoms with Crippen LogP contribution < -0.4 is 0 Å². The highest BCUT2D eigenvalue weighted by Gasteiger charge is 2.38. The Bertz CT molecular complexity index is 610. The second-order valence-corrected chi connectivity index (χ2v) is 5.87. The van der Waals surface area contributed by atoms with Gasteiger partial charge in [-0.25, -0.2) is 8.91 Å². The molecule has 3 heteroatoms. The zero-order chi connectivity index (χ0) is 12.4. The number of pyridine rings is 1. The molecule has 1 aliphatic rings. The molecule has 0 radical (unpaired) electrons. The first-order valence-corrected chi connectivity index (χ1v) is 6.09. The highest BCUT2D eigenvalue weighted by Crippen LogP contribution is 2.45. The Kier molecular flexibility index (Phi) is 1.96. The van der Waals surface area contributed by atoms with Crippen LogP contribution in [-0.2, 0) is 5.41 Å². The molecule has 1 unspecified atom stereocenters. The Balaban J connectivity index is 2.46. The predicted molar refractivity (Wildman–Crippen MR) is 65.9 cm³/mol. The number of hydrogen-bond acceptors (Lipinski definition) is 1. The number of halogens is 1. The Morgan fingerprint density at radius 3 is 2.82 bits per heavy atom. The Morgan fingerprint density at radius 1 is 1.41 bits per heavy atom. The molecule has 1 aliphatic carbocycles. The molecular weight excluding hydrogens is 215 g/mol. The standard InChI is InChI=1S/C14H17FN2/c1-8-7-14(3,4)13-10(8)6-11(15)12-5-9(2)16-17(12)13/h5-6,8H,7H2,1-4H3. The molecule has 90 valence electrons. The van der Waals surface area contributed by atoms with E-state index in [1.807, 2.05) is 17.5 Å². The molecule has 0 aliphatic heterocycles. The van der Waals surface area contributed by atoms with Crippen molar-refractivity contribution >= 4 is 5.52 Å². The van der Waals surface area contributed by atoms with Crippen LogP contribution in [0.3, 0.4) is 0 Å². The van der Waals surface area contributed by atoms with Crippen molar-refractivity contribution in [2.75, 3.05) is 0 Å². The third kappa shape index (κ3) is 1.34. The summed E-state index contributed by atoms with van der Waals surface area (Å²) in [6.07, 6.45) is 1.06. The van der Waals surface area contributed by atoms with Gasteiger partial charge in [-0.15, -0.1) is 0 Å². The summed E-state index contributed by atoms with van der Waals surface area (Å²) in [5, 5.41) is 4.45. The predicted octanol–water partition coefficient (Wildman–Crippen LogP) is 3.57. The molecule has 0 fully saturated rings. The summed E-state index contributed by atoms with van der Waals surface area (Å²) in [6, 6.07) is 3.51. The molecule has 2 nitrogen and oxygen atoms in total. The molecule has 0 amide bonds. The van der Waals surface area contributed by atoms with Crippen molar-refractivity contribution in [3.05, 3.63) is 34.9 Å². The highest BCUT2D eigenvalue weighted by molar-refractivity contribution is 5.55. The zero-order valence-corrected chi connectivity index (χ0v) is 10.7. The molecule has 2 heterocycles. The van der Waals surface area contributed by atoms with Crippen molar-refractivity contribution in [1.29, 1.82) is 0 Å². The van der Waals surface area contributed by atoms with E-state index in [1.165, 1.54) is 5.69 Å². The lowest BCUT2D eigenvalue weighted by Crippen LogP contribution is -2.17. The Labute approximate surface area is 100 Å². The molecule has 2 aromatic heterocycles. The number of nitrogens with zero attached hydrogens (tertiary/aromatic N) is 2. The second kappa shape index (κ2) is 3.09. The van der Waals surface area contributed by atoms with Gasteiger partial charge in [-0.3, -0.25) is 0 Å². The first kappa shape index (κ1) is 10.8. The molecule has 17 heavy (non-hydrogen) atoms. The molecule has 0 aromatic carbocycles. The van der Waals surface area contributed by atoms with Crippen molar-refractivity contribution in [3.8, 4) is 0 Å². The summed E-state index contributed by atoms with van der Waals surface area (Å²) in [4.78, 5) is 0. The molecule has 0 N–H and O–H groups in total. The fraction of sp³-hybridized carbons (Fsp3) is 0.500. The lowest BCUT2D eigenvalue weighted by Gasteiger charge is -2.19. The van der Waals surface area contributed by atoms with E-state index in [0.29, 0.717) is 11.4 Å². The van der Waals surface area contributed by atoms with Crippen LogP contribution in [0.25, 0.3) is 5.52 Å². The summed E-state index contributed by atoms with van der Waals surface area (Å²) in [6.45, 7) is 8.49. The van der Waals surface area contributed by atoms with Crippen molar-refractivity contribution in [2.24, 2.45) is 0 Å².